The Balaban J connectivity index is 2.22. The van der Waals surface area contributed by atoms with Gasteiger partial charge in [0.1, 0.15) is 11.5 Å². The van der Waals surface area contributed by atoms with E-state index in [0.29, 0.717) is 11.9 Å². The van der Waals surface area contributed by atoms with Gasteiger partial charge in [0.2, 0.25) is 0 Å². The molecule has 0 aliphatic heterocycles. The Bertz CT molecular complexity index is 680. The van der Waals surface area contributed by atoms with Crippen molar-refractivity contribution in [3.8, 4) is 11.3 Å². The average Bonchev–Trinajstić information content (AvgIpc) is 2.84. The van der Waals surface area contributed by atoms with Crippen molar-refractivity contribution in [2.75, 3.05) is 7.05 Å². The van der Waals surface area contributed by atoms with Crippen LogP contribution in [0.5, 0.6) is 0 Å². The molecular formula is C16H19N5. The van der Waals surface area contributed by atoms with Gasteiger partial charge in [-0.05, 0) is 26.0 Å². The molecule has 3 rings (SSSR count). The number of rotatable bonds is 4. The molecule has 0 unspecified atom stereocenters. The van der Waals surface area contributed by atoms with E-state index in [-0.39, 0.29) is 0 Å². The minimum absolute atomic E-state index is 0.395. The van der Waals surface area contributed by atoms with Crippen LogP contribution in [-0.4, -0.2) is 29.4 Å². The second-order valence-electron chi connectivity index (χ2n) is 5.21. The Morgan fingerprint density at radius 1 is 1.33 bits per heavy atom. The monoisotopic (exact) mass is 281 g/mol. The van der Waals surface area contributed by atoms with Gasteiger partial charge < -0.3 is 5.73 Å². The smallest absolute Gasteiger partial charge is 0.161 e. The fraction of sp³-hybridized carbons (Fsp3) is 0.312. The predicted molar refractivity (Wildman–Crippen MR) is 86.4 cm³/mol. The Kier molecular flexibility index (Phi) is 3.56. The van der Waals surface area contributed by atoms with Crippen molar-refractivity contribution >= 4 is 18.4 Å². The first-order valence-electron chi connectivity index (χ1n) is 7.13. The van der Waals surface area contributed by atoms with Gasteiger partial charge in [-0.3, -0.25) is 4.99 Å². The number of hydrogen-bond donors (Lipinski definition) is 1. The highest BCUT2D eigenvalue weighted by atomic mass is 15.3. The Labute approximate surface area is 124 Å². The lowest BCUT2D eigenvalue weighted by Gasteiger charge is -2.26. The van der Waals surface area contributed by atoms with Crippen LogP contribution in [0.1, 0.15) is 30.9 Å². The number of amidine groups is 1. The molecular weight excluding hydrogens is 262 g/mol. The van der Waals surface area contributed by atoms with Gasteiger partial charge >= 0.3 is 0 Å². The van der Waals surface area contributed by atoms with Gasteiger partial charge in [-0.15, -0.1) is 0 Å². The van der Waals surface area contributed by atoms with Gasteiger partial charge in [0.25, 0.3) is 0 Å². The normalized spacial score (nSPS) is 15.8. The fourth-order valence-electron chi connectivity index (χ4n) is 2.61. The molecule has 0 bridgehead atoms. The molecule has 1 aromatic heterocycles. The summed E-state index contributed by atoms with van der Waals surface area (Å²) in [7, 11) is 1.68. The zero-order chi connectivity index (χ0) is 14.8. The summed E-state index contributed by atoms with van der Waals surface area (Å²) in [5.74, 6) is 1.17. The molecule has 5 heteroatoms. The molecule has 21 heavy (non-hydrogen) atoms. The molecule has 0 atom stereocenters. The molecule has 0 saturated heterocycles. The first-order valence-corrected chi connectivity index (χ1v) is 7.13. The van der Waals surface area contributed by atoms with Crippen molar-refractivity contribution in [3.63, 3.8) is 0 Å². The van der Waals surface area contributed by atoms with Crippen LogP contribution in [0.15, 0.2) is 40.3 Å². The lowest BCUT2D eigenvalue weighted by atomic mass is 9.93. The van der Waals surface area contributed by atoms with Crippen LogP contribution < -0.4 is 5.73 Å². The van der Waals surface area contributed by atoms with Crippen molar-refractivity contribution in [2.24, 2.45) is 15.7 Å². The van der Waals surface area contributed by atoms with E-state index in [1.165, 1.54) is 6.42 Å². The number of benzene rings is 1. The van der Waals surface area contributed by atoms with Gasteiger partial charge in [0.05, 0.1) is 11.6 Å². The van der Waals surface area contributed by atoms with E-state index >= 15 is 0 Å². The molecule has 2 aromatic rings. The summed E-state index contributed by atoms with van der Waals surface area (Å²) in [6.07, 6.45) is 3.48. The lowest BCUT2D eigenvalue weighted by molar-refractivity contribution is 0.292. The standard InChI is InChI=1S/C16H19N5/c1-18-15(17)13-14(11-7-4-3-5-8-11)20-21(16(13)19-2)12-9-6-10-12/h3-5,7-8,12H,2,6,9-10H2,1H3,(H2,17,18). The van der Waals surface area contributed by atoms with Gasteiger partial charge in [-0.25, -0.2) is 9.67 Å². The maximum atomic E-state index is 6.09. The summed E-state index contributed by atoms with van der Waals surface area (Å²) in [4.78, 5) is 8.30. The Hall–Kier alpha value is -2.43. The zero-order valence-electron chi connectivity index (χ0n) is 12.2. The first-order chi connectivity index (χ1) is 10.3. The molecule has 1 aliphatic carbocycles. The number of nitrogens with zero attached hydrogens (tertiary/aromatic N) is 4. The Morgan fingerprint density at radius 3 is 2.57 bits per heavy atom. The summed E-state index contributed by atoms with van der Waals surface area (Å²) >= 11 is 0. The molecule has 1 aromatic carbocycles. The summed E-state index contributed by atoms with van der Waals surface area (Å²) in [6.45, 7) is 3.70. The number of aliphatic imine (C=N–C) groups is 2. The van der Waals surface area contributed by atoms with E-state index < -0.39 is 0 Å². The molecule has 1 saturated carbocycles. The molecule has 1 aliphatic rings. The SMILES string of the molecule is C=Nc1c(C(N)=NC)c(-c2ccccc2)nn1C1CCC1. The maximum absolute atomic E-state index is 6.09. The van der Waals surface area contributed by atoms with Crippen LogP contribution in [0.4, 0.5) is 5.82 Å². The molecule has 2 N–H and O–H groups in total. The largest absolute Gasteiger partial charge is 0.383 e. The summed E-state index contributed by atoms with van der Waals surface area (Å²) in [5, 5.41) is 4.76. The van der Waals surface area contributed by atoms with Crippen LogP contribution in [0.25, 0.3) is 11.3 Å². The van der Waals surface area contributed by atoms with Crippen LogP contribution >= 0.6 is 0 Å². The summed E-state index contributed by atoms with van der Waals surface area (Å²) in [6, 6.07) is 10.4. The zero-order valence-corrected chi connectivity index (χ0v) is 12.2. The maximum Gasteiger partial charge on any atom is 0.161 e. The van der Waals surface area contributed by atoms with Crippen LogP contribution in [0, 0.1) is 0 Å². The second-order valence-corrected chi connectivity index (χ2v) is 5.21. The van der Waals surface area contributed by atoms with E-state index in [0.717, 1.165) is 35.5 Å². The van der Waals surface area contributed by atoms with E-state index in [1.54, 1.807) is 7.05 Å². The molecule has 1 fully saturated rings. The van der Waals surface area contributed by atoms with Crippen molar-refractivity contribution in [2.45, 2.75) is 25.3 Å². The van der Waals surface area contributed by atoms with Crippen LogP contribution in [-0.2, 0) is 0 Å². The third kappa shape index (κ3) is 2.24. The molecule has 0 radical (unpaired) electrons. The van der Waals surface area contributed by atoms with E-state index in [2.05, 4.69) is 16.7 Å². The van der Waals surface area contributed by atoms with E-state index in [1.807, 2.05) is 35.0 Å². The quantitative estimate of drug-likeness (QED) is 0.691. The second kappa shape index (κ2) is 5.52. The minimum atomic E-state index is 0.395. The van der Waals surface area contributed by atoms with Gasteiger partial charge in [0, 0.05) is 12.6 Å². The third-order valence-corrected chi connectivity index (χ3v) is 4.00. The number of aromatic nitrogens is 2. The first kappa shape index (κ1) is 13.5. The topological polar surface area (TPSA) is 68.6 Å². The van der Waals surface area contributed by atoms with Crippen molar-refractivity contribution in [1.82, 2.24) is 9.78 Å². The summed E-state index contributed by atoms with van der Waals surface area (Å²) in [5.41, 5.74) is 8.72. The highest BCUT2D eigenvalue weighted by Crippen LogP contribution is 2.39. The van der Waals surface area contributed by atoms with Gasteiger partial charge in [0.15, 0.2) is 5.82 Å². The average molecular weight is 281 g/mol. The van der Waals surface area contributed by atoms with Crippen molar-refractivity contribution in [1.29, 1.82) is 0 Å². The minimum Gasteiger partial charge on any atom is -0.383 e. The highest BCUT2D eigenvalue weighted by molar-refractivity contribution is 6.06. The van der Waals surface area contributed by atoms with Crippen LogP contribution in [0.2, 0.25) is 0 Å². The molecule has 1 heterocycles. The van der Waals surface area contributed by atoms with Crippen molar-refractivity contribution in [3.05, 3.63) is 35.9 Å². The van der Waals surface area contributed by atoms with Crippen molar-refractivity contribution < 1.29 is 0 Å². The molecule has 0 spiro atoms. The highest BCUT2D eigenvalue weighted by Gasteiger charge is 2.28. The van der Waals surface area contributed by atoms with Gasteiger partial charge in [-0.1, -0.05) is 30.3 Å². The molecule has 5 nitrogen and oxygen atoms in total. The van der Waals surface area contributed by atoms with Gasteiger partial charge in [-0.2, -0.15) is 5.10 Å². The summed E-state index contributed by atoms with van der Waals surface area (Å²) < 4.78 is 1.96. The Morgan fingerprint density at radius 2 is 2.05 bits per heavy atom. The third-order valence-electron chi connectivity index (χ3n) is 4.00. The van der Waals surface area contributed by atoms with Crippen LogP contribution in [0.3, 0.4) is 0 Å². The number of hydrogen-bond acceptors (Lipinski definition) is 3. The molecule has 108 valence electrons. The predicted octanol–water partition coefficient (Wildman–Crippen LogP) is 2.94. The number of nitrogens with two attached hydrogens (primary N) is 1. The lowest BCUT2D eigenvalue weighted by Crippen LogP contribution is -2.18. The van der Waals surface area contributed by atoms with E-state index in [4.69, 9.17) is 10.8 Å². The molecule has 0 amide bonds. The van der Waals surface area contributed by atoms with E-state index in [9.17, 15) is 0 Å². The fourth-order valence-corrected chi connectivity index (χ4v) is 2.61.